The molecule has 27 heavy (non-hydrogen) atoms. The molecule has 0 bridgehead atoms. The van der Waals surface area contributed by atoms with Gasteiger partial charge in [0.1, 0.15) is 5.82 Å². The van der Waals surface area contributed by atoms with Crippen LogP contribution in [-0.2, 0) is 17.8 Å². The molecule has 0 atom stereocenters. The Kier molecular flexibility index (Phi) is 5.13. The van der Waals surface area contributed by atoms with E-state index >= 15 is 0 Å². The normalized spacial score (nSPS) is 14.3. The van der Waals surface area contributed by atoms with Crippen molar-refractivity contribution in [3.8, 4) is 0 Å². The summed E-state index contributed by atoms with van der Waals surface area (Å²) in [5.41, 5.74) is 3.30. The van der Waals surface area contributed by atoms with Gasteiger partial charge in [0.15, 0.2) is 0 Å². The van der Waals surface area contributed by atoms with Gasteiger partial charge in [-0.15, -0.1) is 0 Å². The van der Waals surface area contributed by atoms with Crippen LogP contribution in [0.3, 0.4) is 0 Å². The van der Waals surface area contributed by atoms with Gasteiger partial charge in [-0.3, -0.25) is 14.7 Å². The van der Waals surface area contributed by atoms with Crippen LogP contribution in [0.5, 0.6) is 0 Å². The van der Waals surface area contributed by atoms with Crippen molar-refractivity contribution in [2.24, 2.45) is 0 Å². The molecule has 2 aromatic heterocycles. The summed E-state index contributed by atoms with van der Waals surface area (Å²) in [6.45, 7) is 4.59. The summed E-state index contributed by atoms with van der Waals surface area (Å²) in [5, 5.41) is 2.92. The number of nitrogens with one attached hydrogen (secondary N) is 1. The first-order chi connectivity index (χ1) is 13.2. The number of imidazole rings is 1. The Labute approximate surface area is 158 Å². The Morgan fingerprint density at radius 1 is 1.30 bits per heavy atom. The zero-order valence-corrected chi connectivity index (χ0v) is 15.4. The molecule has 1 N–H and O–H groups in total. The molecule has 4 rings (SSSR count). The second kappa shape index (κ2) is 7.85. The van der Waals surface area contributed by atoms with E-state index in [9.17, 15) is 4.79 Å². The van der Waals surface area contributed by atoms with E-state index in [1.807, 2.05) is 18.2 Å². The zero-order valence-electron chi connectivity index (χ0n) is 15.4. The molecule has 0 unspecified atom stereocenters. The van der Waals surface area contributed by atoms with Crippen molar-refractivity contribution in [2.45, 2.75) is 19.5 Å². The van der Waals surface area contributed by atoms with E-state index in [1.54, 1.807) is 31.6 Å². The maximum atomic E-state index is 12.3. The number of nitrogens with zero attached hydrogens (tertiary/aromatic N) is 4. The van der Waals surface area contributed by atoms with Gasteiger partial charge in [-0.1, -0.05) is 0 Å². The second-order valence-electron chi connectivity index (χ2n) is 6.70. The number of hydrogen-bond acceptors (Lipinski definition) is 5. The first-order valence-corrected chi connectivity index (χ1v) is 9.16. The van der Waals surface area contributed by atoms with E-state index in [0.717, 1.165) is 61.8 Å². The fourth-order valence-electron chi connectivity index (χ4n) is 3.47. The summed E-state index contributed by atoms with van der Waals surface area (Å²) in [7, 11) is 1.74. The first-order valence-electron chi connectivity index (χ1n) is 9.16. The SMILES string of the molecule is COCCCN1CCn2c(nc3cc(NC(=O)c4cccnc4)ccc32)C1. The van der Waals surface area contributed by atoms with Crippen molar-refractivity contribution in [1.82, 2.24) is 19.4 Å². The lowest BCUT2D eigenvalue weighted by Gasteiger charge is -2.27. The van der Waals surface area contributed by atoms with E-state index < -0.39 is 0 Å². The number of hydrogen-bond donors (Lipinski definition) is 1. The summed E-state index contributed by atoms with van der Waals surface area (Å²) < 4.78 is 7.41. The number of amides is 1. The molecule has 1 aliphatic rings. The number of anilines is 1. The van der Waals surface area contributed by atoms with Gasteiger partial charge in [-0.05, 0) is 36.8 Å². The van der Waals surface area contributed by atoms with E-state index in [4.69, 9.17) is 9.72 Å². The van der Waals surface area contributed by atoms with Crippen LogP contribution in [0.25, 0.3) is 11.0 Å². The van der Waals surface area contributed by atoms with Crippen LogP contribution in [0.15, 0.2) is 42.7 Å². The minimum atomic E-state index is -0.171. The number of carbonyl (C=O) groups excluding carboxylic acids is 1. The lowest BCUT2D eigenvalue weighted by atomic mass is 10.2. The number of carbonyl (C=O) groups is 1. The van der Waals surface area contributed by atoms with Gasteiger partial charge in [0, 0.05) is 51.4 Å². The number of rotatable bonds is 6. The summed E-state index contributed by atoms with van der Waals surface area (Å²) in [4.78, 5) is 23.5. The summed E-state index contributed by atoms with van der Waals surface area (Å²) in [6, 6.07) is 9.39. The van der Waals surface area contributed by atoms with Crippen molar-refractivity contribution in [2.75, 3.05) is 32.1 Å². The summed E-state index contributed by atoms with van der Waals surface area (Å²) in [6.07, 6.45) is 4.24. The van der Waals surface area contributed by atoms with Crippen LogP contribution in [0.4, 0.5) is 5.69 Å². The van der Waals surface area contributed by atoms with Crippen molar-refractivity contribution >= 4 is 22.6 Å². The second-order valence-corrected chi connectivity index (χ2v) is 6.70. The van der Waals surface area contributed by atoms with Gasteiger partial charge in [0.05, 0.1) is 23.1 Å². The number of benzene rings is 1. The molecule has 0 spiro atoms. The molecule has 1 aromatic carbocycles. The lowest BCUT2D eigenvalue weighted by molar-refractivity contribution is 0.102. The third-order valence-corrected chi connectivity index (χ3v) is 4.84. The molecule has 140 valence electrons. The van der Waals surface area contributed by atoms with Crippen LogP contribution < -0.4 is 5.32 Å². The van der Waals surface area contributed by atoms with E-state index in [1.165, 1.54) is 0 Å². The van der Waals surface area contributed by atoms with Crippen LogP contribution >= 0.6 is 0 Å². The third-order valence-electron chi connectivity index (χ3n) is 4.84. The molecule has 0 saturated carbocycles. The molecule has 7 heteroatoms. The fourth-order valence-corrected chi connectivity index (χ4v) is 3.47. The molecule has 7 nitrogen and oxygen atoms in total. The smallest absolute Gasteiger partial charge is 0.257 e. The molecular weight excluding hydrogens is 342 g/mol. The largest absolute Gasteiger partial charge is 0.385 e. The Balaban J connectivity index is 1.50. The monoisotopic (exact) mass is 365 g/mol. The van der Waals surface area contributed by atoms with Gasteiger partial charge in [-0.25, -0.2) is 4.98 Å². The molecule has 1 amide bonds. The van der Waals surface area contributed by atoms with Gasteiger partial charge < -0.3 is 14.6 Å². The maximum Gasteiger partial charge on any atom is 0.257 e. The summed E-state index contributed by atoms with van der Waals surface area (Å²) in [5.74, 6) is 0.903. The van der Waals surface area contributed by atoms with Gasteiger partial charge >= 0.3 is 0 Å². The zero-order chi connectivity index (χ0) is 18.6. The number of methoxy groups -OCH3 is 1. The Bertz CT molecular complexity index is 938. The van der Waals surface area contributed by atoms with Crippen LogP contribution in [0.2, 0.25) is 0 Å². The van der Waals surface area contributed by atoms with Gasteiger partial charge in [-0.2, -0.15) is 0 Å². The van der Waals surface area contributed by atoms with Crippen LogP contribution in [-0.4, -0.2) is 52.1 Å². The quantitative estimate of drug-likeness (QED) is 0.680. The number of aromatic nitrogens is 3. The van der Waals surface area contributed by atoms with E-state index in [0.29, 0.717) is 5.56 Å². The Morgan fingerprint density at radius 2 is 2.22 bits per heavy atom. The standard InChI is InChI=1S/C20H23N5O2/c1-27-11-3-8-24-9-10-25-18-6-5-16(12-17(18)23-19(25)14-24)22-20(26)15-4-2-7-21-13-15/h2,4-7,12-13H,3,8-11,14H2,1H3,(H,22,26). The molecule has 0 radical (unpaired) electrons. The number of ether oxygens (including phenoxy) is 1. The van der Waals surface area contributed by atoms with Crippen molar-refractivity contribution in [1.29, 1.82) is 0 Å². The topological polar surface area (TPSA) is 72.3 Å². The first kappa shape index (κ1) is 17.6. The predicted molar refractivity (Wildman–Crippen MR) is 104 cm³/mol. The molecular formula is C20H23N5O2. The minimum Gasteiger partial charge on any atom is -0.385 e. The van der Waals surface area contributed by atoms with Crippen LogP contribution in [0, 0.1) is 0 Å². The highest BCUT2D eigenvalue weighted by atomic mass is 16.5. The Morgan fingerprint density at radius 3 is 3.04 bits per heavy atom. The van der Waals surface area contributed by atoms with Gasteiger partial charge in [0.2, 0.25) is 0 Å². The molecule has 3 aromatic rings. The average Bonchev–Trinajstić information content (AvgIpc) is 3.05. The van der Waals surface area contributed by atoms with Crippen molar-refractivity contribution in [3.63, 3.8) is 0 Å². The lowest BCUT2D eigenvalue weighted by Crippen LogP contribution is -2.34. The molecule has 1 aliphatic heterocycles. The van der Waals surface area contributed by atoms with Crippen molar-refractivity contribution in [3.05, 3.63) is 54.1 Å². The van der Waals surface area contributed by atoms with Gasteiger partial charge in [0.25, 0.3) is 5.91 Å². The fraction of sp³-hybridized carbons (Fsp3) is 0.350. The third kappa shape index (κ3) is 3.84. The summed E-state index contributed by atoms with van der Waals surface area (Å²) >= 11 is 0. The Hall–Kier alpha value is -2.77. The highest BCUT2D eigenvalue weighted by Gasteiger charge is 2.20. The van der Waals surface area contributed by atoms with E-state index in [2.05, 4.69) is 19.8 Å². The molecule has 0 fully saturated rings. The van der Waals surface area contributed by atoms with Crippen LogP contribution in [0.1, 0.15) is 22.6 Å². The predicted octanol–water partition coefficient (Wildman–Crippen LogP) is 2.54. The number of pyridine rings is 1. The molecule has 3 heterocycles. The highest BCUT2D eigenvalue weighted by molar-refractivity contribution is 6.04. The van der Waals surface area contributed by atoms with E-state index in [-0.39, 0.29) is 5.91 Å². The minimum absolute atomic E-state index is 0.171. The molecule has 0 saturated heterocycles. The molecule has 0 aliphatic carbocycles. The van der Waals surface area contributed by atoms with Crippen molar-refractivity contribution < 1.29 is 9.53 Å². The number of fused-ring (bicyclic) bond motifs is 3. The highest BCUT2D eigenvalue weighted by Crippen LogP contribution is 2.24. The average molecular weight is 365 g/mol. The maximum absolute atomic E-state index is 12.3.